The molecule has 1 heterocycles. The molecule has 0 saturated carbocycles. The van der Waals surface area contributed by atoms with E-state index < -0.39 is 10.3 Å². The molecule has 0 aliphatic carbocycles. The van der Waals surface area contributed by atoms with Gasteiger partial charge in [-0.05, 0) is 41.0 Å². The summed E-state index contributed by atoms with van der Waals surface area (Å²) in [6.45, 7) is 2.88. The van der Waals surface area contributed by atoms with Crippen LogP contribution in [0.25, 0.3) is 0 Å². The SMILES string of the molecule is CCCCOS1(c2ccc(O)cc2)C=CN=C1. The lowest BCUT2D eigenvalue weighted by molar-refractivity contribution is 0.354. The van der Waals surface area contributed by atoms with E-state index in [-0.39, 0.29) is 5.75 Å². The summed E-state index contributed by atoms with van der Waals surface area (Å²) < 4.78 is 6.02. The van der Waals surface area contributed by atoms with E-state index >= 15 is 0 Å². The van der Waals surface area contributed by atoms with Crippen molar-refractivity contribution in [1.82, 2.24) is 0 Å². The molecule has 1 aliphatic heterocycles. The summed E-state index contributed by atoms with van der Waals surface area (Å²) >= 11 is 0. The molecule has 1 aliphatic rings. The number of rotatable bonds is 5. The van der Waals surface area contributed by atoms with Crippen LogP contribution in [0.2, 0.25) is 0 Å². The fourth-order valence-corrected chi connectivity index (χ4v) is 3.65. The van der Waals surface area contributed by atoms with Crippen molar-refractivity contribution in [2.45, 2.75) is 24.7 Å². The molecule has 3 nitrogen and oxygen atoms in total. The molecule has 4 heteroatoms. The third-order valence-corrected chi connectivity index (χ3v) is 5.07. The normalized spacial score (nSPS) is 25.9. The number of benzene rings is 1. The van der Waals surface area contributed by atoms with Crippen molar-refractivity contribution >= 4 is 15.9 Å². The molecule has 0 saturated heterocycles. The zero-order valence-electron chi connectivity index (χ0n) is 9.87. The number of aromatic hydroxyl groups is 1. The van der Waals surface area contributed by atoms with Crippen LogP contribution in [-0.4, -0.2) is 17.3 Å². The molecule has 1 N–H and O–H groups in total. The van der Waals surface area contributed by atoms with Gasteiger partial charge < -0.3 is 9.29 Å². The predicted octanol–water partition coefficient (Wildman–Crippen LogP) is 3.80. The molecule has 0 fully saturated rings. The number of phenols is 1. The van der Waals surface area contributed by atoms with Crippen molar-refractivity contribution in [3.63, 3.8) is 0 Å². The molecule has 17 heavy (non-hydrogen) atoms. The Balaban J connectivity index is 2.19. The summed E-state index contributed by atoms with van der Waals surface area (Å²) in [6.07, 6.45) is 3.95. The van der Waals surface area contributed by atoms with Crippen LogP contribution in [0.1, 0.15) is 19.8 Å². The molecule has 0 aromatic heterocycles. The van der Waals surface area contributed by atoms with Gasteiger partial charge in [0.05, 0.1) is 12.2 Å². The standard InChI is InChI=1S/C13H17NO2S/c1-2-3-9-16-17(10-8-14-11-17)13-6-4-12(15)5-7-13/h4-8,10-11,15H,2-3,9H2,1H3. The highest BCUT2D eigenvalue weighted by Crippen LogP contribution is 2.58. The Labute approximate surface area is 103 Å². The third kappa shape index (κ3) is 2.70. The van der Waals surface area contributed by atoms with Crippen LogP contribution >= 0.6 is 10.3 Å². The van der Waals surface area contributed by atoms with Gasteiger partial charge in [-0.15, -0.1) is 0 Å². The Morgan fingerprint density at radius 1 is 1.29 bits per heavy atom. The molecule has 1 aromatic rings. The van der Waals surface area contributed by atoms with E-state index in [1.165, 1.54) is 0 Å². The maximum absolute atomic E-state index is 9.31. The third-order valence-electron chi connectivity index (χ3n) is 2.55. The van der Waals surface area contributed by atoms with E-state index in [1.54, 1.807) is 18.3 Å². The van der Waals surface area contributed by atoms with E-state index in [2.05, 4.69) is 11.9 Å². The molecule has 1 unspecified atom stereocenters. The lowest BCUT2D eigenvalue weighted by atomic mass is 10.3. The number of nitrogens with zero attached hydrogens (tertiary/aromatic N) is 1. The first-order chi connectivity index (χ1) is 8.27. The number of phenolic OH excluding ortho intramolecular Hbond substituents is 1. The Morgan fingerprint density at radius 3 is 2.65 bits per heavy atom. The zero-order valence-corrected chi connectivity index (χ0v) is 10.7. The second-order valence-electron chi connectivity index (χ2n) is 3.86. The fraction of sp³-hybridized carbons (Fsp3) is 0.308. The summed E-state index contributed by atoms with van der Waals surface area (Å²) in [7, 11) is -1.51. The lowest BCUT2D eigenvalue weighted by Crippen LogP contribution is -2.03. The van der Waals surface area contributed by atoms with Gasteiger partial charge in [0.15, 0.2) is 0 Å². The highest BCUT2D eigenvalue weighted by Gasteiger charge is 2.24. The summed E-state index contributed by atoms with van der Waals surface area (Å²) in [4.78, 5) is 5.23. The van der Waals surface area contributed by atoms with Crippen molar-refractivity contribution in [2.24, 2.45) is 4.99 Å². The lowest BCUT2D eigenvalue weighted by Gasteiger charge is -2.30. The number of aliphatic imine (C=N–C) groups is 1. The van der Waals surface area contributed by atoms with Gasteiger partial charge in [0.1, 0.15) is 5.75 Å². The van der Waals surface area contributed by atoms with Crippen molar-refractivity contribution in [2.75, 3.05) is 6.61 Å². The van der Waals surface area contributed by atoms with Gasteiger partial charge in [-0.25, -0.2) is 0 Å². The molecular weight excluding hydrogens is 234 g/mol. The van der Waals surface area contributed by atoms with Gasteiger partial charge in [0, 0.05) is 16.5 Å². The molecular formula is C13H17NO2S. The predicted molar refractivity (Wildman–Crippen MR) is 72.5 cm³/mol. The second-order valence-corrected chi connectivity index (χ2v) is 6.34. The minimum atomic E-state index is -1.51. The van der Waals surface area contributed by atoms with E-state index in [0.29, 0.717) is 0 Å². The highest BCUT2D eigenvalue weighted by molar-refractivity contribution is 8.42. The number of unbranched alkanes of at least 4 members (excludes halogenated alkanes) is 1. The smallest absolute Gasteiger partial charge is 0.115 e. The first kappa shape index (κ1) is 12.2. The van der Waals surface area contributed by atoms with Gasteiger partial charge in [-0.1, -0.05) is 13.3 Å². The summed E-state index contributed by atoms with van der Waals surface area (Å²) in [5.74, 6) is 0.274. The first-order valence-electron chi connectivity index (χ1n) is 5.73. The van der Waals surface area contributed by atoms with Crippen molar-refractivity contribution in [1.29, 1.82) is 0 Å². The molecule has 1 aromatic carbocycles. The Kier molecular flexibility index (Phi) is 3.86. The minimum Gasteiger partial charge on any atom is -0.508 e. The Bertz CT molecular complexity index is 414. The van der Waals surface area contributed by atoms with Crippen molar-refractivity contribution in [3.8, 4) is 5.75 Å². The van der Waals surface area contributed by atoms with Crippen LogP contribution in [0, 0.1) is 0 Å². The second kappa shape index (κ2) is 5.38. The fourth-order valence-electron chi connectivity index (χ4n) is 1.56. The van der Waals surface area contributed by atoms with Gasteiger partial charge in [-0.2, -0.15) is 0 Å². The first-order valence-corrected chi connectivity index (χ1v) is 7.42. The van der Waals surface area contributed by atoms with E-state index in [1.807, 2.05) is 23.1 Å². The minimum absolute atomic E-state index is 0.274. The average molecular weight is 251 g/mol. The van der Waals surface area contributed by atoms with Gasteiger partial charge >= 0.3 is 0 Å². The quantitative estimate of drug-likeness (QED) is 0.809. The molecule has 0 radical (unpaired) electrons. The summed E-state index contributed by atoms with van der Waals surface area (Å²) in [5.41, 5.74) is 1.88. The van der Waals surface area contributed by atoms with Gasteiger partial charge in [0.25, 0.3) is 0 Å². The molecule has 92 valence electrons. The van der Waals surface area contributed by atoms with Crippen LogP contribution in [-0.2, 0) is 4.18 Å². The van der Waals surface area contributed by atoms with Gasteiger partial charge in [0.2, 0.25) is 0 Å². The van der Waals surface area contributed by atoms with Crippen LogP contribution in [0.3, 0.4) is 0 Å². The van der Waals surface area contributed by atoms with Crippen LogP contribution in [0.15, 0.2) is 45.8 Å². The van der Waals surface area contributed by atoms with E-state index in [4.69, 9.17) is 4.18 Å². The summed E-state index contributed by atoms with van der Waals surface area (Å²) in [5, 5.41) is 11.3. The maximum Gasteiger partial charge on any atom is 0.115 e. The molecule has 1 atom stereocenters. The largest absolute Gasteiger partial charge is 0.508 e. The maximum atomic E-state index is 9.31. The Hall–Kier alpha value is -1.26. The van der Waals surface area contributed by atoms with Crippen LogP contribution in [0.4, 0.5) is 0 Å². The van der Waals surface area contributed by atoms with Gasteiger partial charge in [-0.3, -0.25) is 4.99 Å². The average Bonchev–Trinajstić information content (AvgIpc) is 2.80. The number of hydrogen-bond donors (Lipinski definition) is 1. The molecule has 2 rings (SSSR count). The molecule has 0 bridgehead atoms. The van der Waals surface area contributed by atoms with E-state index in [0.717, 1.165) is 24.3 Å². The summed E-state index contributed by atoms with van der Waals surface area (Å²) in [6, 6.07) is 7.18. The Morgan fingerprint density at radius 2 is 2.06 bits per heavy atom. The van der Waals surface area contributed by atoms with Crippen LogP contribution in [0.5, 0.6) is 5.75 Å². The van der Waals surface area contributed by atoms with E-state index in [9.17, 15) is 5.11 Å². The highest BCUT2D eigenvalue weighted by atomic mass is 32.3. The zero-order chi connectivity index (χ0) is 12.1. The topological polar surface area (TPSA) is 41.8 Å². The monoisotopic (exact) mass is 251 g/mol. The van der Waals surface area contributed by atoms with Crippen LogP contribution < -0.4 is 0 Å². The van der Waals surface area contributed by atoms with Crippen molar-refractivity contribution in [3.05, 3.63) is 35.9 Å². The number of hydrogen-bond acceptors (Lipinski definition) is 3. The van der Waals surface area contributed by atoms with Crippen molar-refractivity contribution < 1.29 is 9.29 Å². The molecule has 0 amide bonds. The molecule has 0 spiro atoms.